The van der Waals surface area contributed by atoms with Crippen molar-refractivity contribution in [1.29, 1.82) is 0 Å². The molecule has 0 N–H and O–H groups in total. The summed E-state index contributed by atoms with van der Waals surface area (Å²) in [5, 5.41) is 10.9. The SMILES string of the molecule is CC(=O)OC/C=C/COC(=O)c1cc(Oc2ccc(C(F)(F)F)cc2Cl)ccc1[N+](=O)[O-]. The van der Waals surface area contributed by atoms with Gasteiger partial charge in [-0.3, -0.25) is 14.9 Å². The average molecular weight is 474 g/mol. The molecular formula is C20H15ClF3NO7. The second-order valence-corrected chi connectivity index (χ2v) is 6.46. The van der Waals surface area contributed by atoms with Gasteiger partial charge >= 0.3 is 18.1 Å². The molecule has 0 amide bonds. The van der Waals surface area contributed by atoms with Crippen LogP contribution in [0.2, 0.25) is 5.02 Å². The summed E-state index contributed by atoms with van der Waals surface area (Å²) in [5.74, 6) is -1.78. The molecule has 0 fully saturated rings. The highest BCUT2D eigenvalue weighted by atomic mass is 35.5. The lowest BCUT2D eigenvalue weighted by molar-refractivity contribution is -0.385. The number of carbonyl (C=O) groups is 2. The molecule has 0 heterocycles. The highest BCUT2D eigenvalue weighted by Gasteiger charge is 2.31. The molecule has 2 rings (SSSR count). The van der Waals surface area contributed by atoms with Gasteiger partial charge in [-0.1, -0.05) is 11.6 Å². The van der Waals surface area contributed by atoms with Crippen LogP contribution in [0.3, 0.4) is 0 Å². The number of alkyl halides is 3. The lowest BCUT2D eigenvalue weighted by Crippen LogP contribution is -2.09. The minimum Gasteiger partial charge on any atom is -0.462 e. The molecule has 170 valence electrons. The van der Waals surface area contributed by atoms with Gasteiger partial charge in [0.2, 0.25) is 0 Å². The molecule has 32 heavy (non-hydrogen) atoms. The number of halogens is 4. The third-order valence-electron chi connectivity index (χ3n) is 3.73. The van der Waals surface area contributed by atoms with E-state index in [2.05, 4.69) is 4.74 Å². The summed E-state index contributed by atoms with van der Waals surface area (Å²) in [6.45, 7) is 0.928. The molecule has 0 spiro atoms. The summed E-state index contributed by atoms with van der Waals surface area (Å²) in [6, 6.07) is 5.56. The Balaban J connectivity index is 2.18. The first-order valence-corrected chi connectivity index (χ1v) is 9.15. The lowest BCUT2D eigenvalue weighted by Gasteiger charge is -2.12. The molecule has 0 saturated heterocycles. The van der Waals surface area contributed by atoms with Gasteiger partial charge in [-0.05, 0) is 36.4 Å². The van der Waals surface area contributed by atoms with Crippen molar-refractivity contribution in [2.24, 2.45) is 0 Å². The van der Waals surface area contributed by atoms with Crippen molar-refractivity contribution in [3.8, 4) is 11.5 Å². The number of nitro benzene ring substituents is 1. The number of hydrogen-bond donors (Lipinski definition) is 0. The molecule has 0 aliphatic carbocycles. The van der Waals surface area contributed by atoms with Crippen LogP contribution in [0, 0.1) is 10.1 Å². The Labute approximate surface area is 184 Å². The van der Waals surface area contributed by atoms with E-state index in [-0.39, 0.29) is 29.7 Å². The van der Waals surface area contributed by atoms with Crippen LogP contribution in [0.15, 0.2) is 48.6 Å². The Bertz CT molecular complexity index is 1050. The van der Waals surface area contributed by atoms with Crippen LogP contribution in [-0.4, -0.2) is 30.1 Å². The van der Waals surface area contributed by atoms with E-state index in [4.69, 9.17) is 21.1 Å². The average Bonchev–Trinajstić information content (AvgIpc) is 2.70. The molecule has 12 heteroatoms. The van der Waals surface area contributed by atoms with E-state index in [9.17, 15) is 32.9 Å². The fourth-order valence-corrected chi connectivity index (χ4v) is 2.51. The number of nitro groups is 1. The molecule has 8 nitrogen and oxygen atoms in total. The minimum atomic E-state index is -4.60. The molecule has 0 radical (unpaired) electrons. The second kappa shape index (κ2) is 10.6. The largest absolute Gasteiger partial charge is 0.462 e. The van der Waals surface area contributed by atoms with Gasteiger partial charge in [-0.2, -0.15) is 13.2 Å². The maximum Gasteiger partial charge on any atom is 0.416 e. The van der Waals surface area contributed by atoms with Gasteiger partial charge < -0.3 is 14.2 Å². The molecule has 2 aromatic rings. The quantitative estimate of drug-likeness (QED) is 0.221. The summed E-state index contributed by atoms with van der Waals surface area (Å²) < 4.78 is 53.2. The van der Waals surface area contributed by atoms with Crippen molar-refractivity contribution in [3.63, 3.8) is 0 Å². The van der Waals surface area contributed by atoms with Gasteiger partial charge in [-0.25, -0.2) is 4.79 Å². The Morgan fingerprint density at radius 1 is 1.09 bits per heavy atom. The predicted molar refractivity (Wildman–Crippen MR) is 106 cm³/mol. The van der Waals surface area contributed by atoms with E-state index in [1.807, 2.05) is 0 Å². The van der Waals surface area contributed by atoms with Crippen LogP contribution >= 0.6 is 11.6 Å². The van der Waals surface area contributed by atoms with E-state index in [0.717, 1.165) is 30.3 Å². The zero-order valence-electron chi connectivity index (χ0n) is 16.3. The number of ether oxygens (including phenoxy) is 3. The fourth-order valence-electron chi connectivity index (χ4n) is 2.29. The summed E-state index contributed by atoms with van der Waals surface area (Å²) in [4.78, 5) is 33.3. The van der Waals surface area contributed by atoms with Gasteiger partial charge in [0.05, 0.1) is 15.5 Å². The standard InChI is InChI=1S/C20H15ClF3NO7/c1-12(26)30-8-2-3-9-31-19(27)15-11-14(5-6-17(15)25(28)29)32-18-7-4-13(10-16(18)21)20(22,23)24/h2-7,10-11H,8-9H2,1H3/b3-2+. The molecule has 0 unspecified atom stereocenters. The Hall–Kier alpha value is -3.60. The summed E-state index contributed by atoms with van der Waals surface area (Å²) in [7, 11) is 0. The van der Waals surface area contributed by atoms with E-state index >= 15 is 0 Å². The molecule has 0 atom stereocenters. The first-order valence-electron chi connectivity index (χ1n) is 8.77. The van der Waals surface area contributed by atoms with E-state index < -0.39 is 39.9 Å². The van der Waals surface area contributed by atoms with Gasteiger partial charge in [-0.15, -0.1) is 0 Å². The van der Waals surface area contributed by atoms with Crippen LogP contribution in [0.25, 0.3) is 0 Å². The Kier molecular flexibility index (Phi) is 8.19. The summed E-state index contributed by atoms with van der Waals surface area (Å²) in [6.07, 6.45) is -1.82. The normalized spacial score (nSPS) is 11.3. The van der Waals surface area contributed by atoms with Crippen molar-refractivity contribution in [2.75, 3.05) is 13.2 Å². The second-order valence-electron chi connectivity index (χ2n) is 6.05. The Morgan fingerprint density at radius 2 is 1.75 bits per heavy atom. The van der Waals surface area contributed by atoms with Crippen molar-refractivity contribution in [1.82, 2.24) is 0 Å². The first-order chi connectivity index (χ1) is 15.0. The highest BCUT2D eigenvalue weighted by Crippen LogP contribution is 2.37. The molecule has 0 bridgehead atoms. The highest BCUT2D eigenvalue weighted by molar-refractivity contribution is 6.32. The third-order valence-corrected chi connectivity index (χ3v) is 4.03. The first kappa shape index (κ1) is 24.7. The van der Waals surface area contributed by atoms with Crippen molar-refractivity contribution >= 4 is 29.2 Å². The molecule has 0 aliphatic rings. The van der Waals surface area contributed by atoms with E-state index in [0.29, 0.717) is 6.07 Å². The lowest BCUT2D eigenvalue weighted by atomic mass is 10.1. The summed E-state index contributed by atoms with van der Waals surface area (Å²) >= 11 is 5.84. The number of carbonyl (C=O) groups excluding carboxylic acids is 2. The third kappa shape index (κ3) is 6.98. The van der Waals surface area contributed by atoms with Crippen molar-refractivity contribution in [3.05, 3.63) is 74.8 Å². The van der Waals surface area contributed by atoms with Crippen LogP contribution in [-0.2, 0) is 20.4 Å². The predicted octanol–water partition coefficient (Wildman–Crippen LogP) is 5.34. The van der Waals surface area contributed by atoms with Crippen molar-refractivity contribution in [2.45, 2.75) is 13.1 Å². The molecule has 0 aliphatic heterocycles. The van der Waals surface area contributed by atoms with Crippen LogP contribution in [0.5, 0.6) is 11.5 Å². The van der Waals surface area contributed by atoms with E-state index in [1.165, 1.54) is 19.1 Å². The topological polar surface area (TPSA) is 105 Å². The monoisotopic (exact) mass is 473 g/mol. The van der Waals surface area contributed by atoms with Gasteiger partial charge in [0.1, 0.15) is 30.3 Å². The van der Waals surface area contributed by atoms with Gasteiger partial charge in [0.25, 0.3) is 5.69 Å². The van der Waals surface area contributed by atoms with Crippen molar-refractivity contribution < 1.29 is 41.9 Å². The molecular weight excluding hydrogens is 459 g/mol. The maximum absolute atomic E-state index is 12.8. The van der Waals surface area contributed by atoms with E-state index in [1.54, 1.807) is 0 Å². The maximum atomic E-state index is 12.8. The number of rotatable bonds is 8. The Morgan fingerprint density at radius 3 is 2.31 bits per heavy atom. The molecule has 0 aromatic heterocycles. The number of hydrogen-bond acceptors (Lipinski definition) is 7. The van der Waals surface area contributed by atoms with Crippen LogP contribution in [0.1, 0.15) is 22.8 Å². The van der Waals surface area contributed by atoms with Gasteiger partial charge in [0.15, 0.2) is 0 Å². The minimum absolute atomic E-state index is 0.0375. The molecule has 2 aromatic carbocycles. The molecule has 0 saturated carbocycles. The summed E-state index contributed by atoms with van der Waals surface area (Å²) in [5.41, 5.74) is -1.99. The zero-order valence-corrected chi connectivity index (χ0v) is 17.1. The smallest absolute Gasteiger partial charge is 0.416 e. The zero-order chi connectivity index (χ0) is 23.9. The van der Waals surface area contributed by atoms with Gasteiger partial charge in [0, 0.05) is 19.1 Å². The fraction of sp³-hybridized carbons (Fsp3) is 0.200. The number of nitrogens with zero attached hydrogens (tertiary/aromatic N) is 1. The van der Waals surface area contributed by atoms with Crippen LogP contribution in [0.4, 0.5) is 18.9 Å². The number of benzene rings is 2. The number of esters is 2. The van der Waals surface area contributed by atoms with Crippen LogP contribution < -0.4 is 4.74 Å².